The van der Waals surface area contributed by atoms with E-state index in [-0.39, 0.29) is 11.9 Å². The van der Waals surface area contributed by atoms with E-state index in [1.54, 1.807) is 13.2 Å². The van der Waals surface area contributed by atoms with Gasteiger partial charge in [0.05, 0.1) is 18.5 Å². The number of benzene rings is 2. The van der Waals surface area contributed by atoms with Crippen LogP contribution in [0.1, 0.15) is 28.6 Å². The third-order valence-electron chi connectivity index (χ3n) is 4.67. The molecule has 2 N–H and O–H groups in total. The summed E-state index contributed by atoms with van der Waals surface area (Å²) in [6, 6.07) is 11.8. The maximum atomic E-state index is 10.5. The molecular formula is C20H21N3O2. The van der Waals surface area contributed by atoms with Crippen molar-refractivity contribution in [2.24, 2.45) is 0 Å². The Morgan fingerprint density at radius 3 is 2.64 bits per heavy atom. The van der Waals surface area contributed by atoms with Crippen LogP contribution in [0.15, 0.2) is 36.4 Å². The minimum Gasteiger partial charge on any atom is -0.507 e. The third-order valence-corrected chi connectivity index (χ3v) is 4.67. The summed E-state index contributed by atoms with van der Waals surface area (Å²) in [4.78, 5) is 0. The van der Waals surface area contributed by atoms with Crippen LogP contribution in [-0.4, -0.2) is 22.0 Å². The Morgan fingerprint density at radius 2 is 1.92 bits per heavy atom. The first kappa shape index (κ1) is 15.6. The highest BCUT2D eigenvalue weighted by molar-refractivity contribution is 5.82. The molecule has 4 rings (SSSR count). The number of nitrogens with zero attached hydrogens (tertiary/aromatic N) is 2. The van der Waals surface area contributed by atoms with Gasteiger partial charge >= 0.3 is 0 Å². The van der Waals surface area contributed by atoms with Gasteiger partial charge in [-0.2, -0.15) is 5.10 Å². The molecule has 0 saturated heterocycles. The van der Waals surface area contributed by atoms with Crippen molar-refractivity contribution in [2.45, 2.75) is 26.9 Å². The van der Waals surface area contributed by atoms with Crippen molar-refractivity contribution in [3.63, 3.8) is 0 Å². The van der Waals surface area contributed by atoms with Crippen molar-refractivity contribution in [3.05, 3.63) is 58.8 Å². The van der Waals surface area contributed by atoms with Gasteiger partial charge in [-0.05, 0) is 50.6 Å². The fourth-order valence-corrected chi connectivity index (χ4v) is 3.56. The fraction of sp³-hybridized carbons (Fsp3) is 0.250. The van der Waals surface area contributed by atoms with Crippen molar-refractivity contribution < 1.29 is 9.84 Å². The van der Waals surface area contributed by atoms with Crippen LogP contribution >= 0.6 is 0 Å². The van der Waals surface area contributed by atoms with Gasteiger partial charge in [0.1, 0.15) is 11.5 Å². The van der Waals surface area contributed by atoms with Crippen molar-refractivity contribution >= 4 is 5.69 Å². The molecule has 1 aliphatic heterocycles. The van der Waals surface area contributed by atoms with Crippen LogP contribution in [-0.2, 0) is 0 Å². The van der Waals surface area contributed by atoms with Gasteiger partial charge in [-0.25, -0.2) is 4.68 Å². The van der Waals surface area contributed by atoms with Gasteiger partial charge in [-0.1, -0.05) is 11.6 Å². The maximum Gasteiger partial charge on any atom is 0.150 e. The lowest BCUT2D eigenvalue weighted by Crippen LogP contribution is -2.26. The highest BCUT2D eigenvalue weighted by atomic mass is 16.5. The summed E-state index contributed by atoms with van der Waals surface area (Å²) in [5.41, 5.74) is 7.38. The molecule has 0 amide bonds. The Balaban J connectivity index is 1.92. The number of aromatic hydroxyl groups is 1. The Bertz CT molecular complexity index is 975. The van der Waals surface area contributed by atoms with E-state index in [2.05, 4.69) is 42.5 Å². The summed E-state index contributed by atoms with van der Waals surface area (Å²) in [5, 5.41) is 18.7. The van der Waals surface area contributed by atoms with Crippen LogP contribution in [0.3, 0.4) is 0 Å². The van der Waals surface area contributed by atoms with Crippen molar-refractivity contribution in [3.8, 4) is 22.8 Å². The highest BCUT2D eigenvalue weighted by Gasteiger charge is 2.29. The highest BCUT2D eigenvalue weighted by Crippen LogP contribution is 2.43. The summed E-state index contributed by atoms with van der Waals surface area (Å²) in [7, 11) is 1.59. The van der Waals surface area contributed by atoms with Crippen molar-refractivity contribution in [2.75, 3.05) is 12.4 Å². The number of rotatable bonds is 2. The Labute approximate surface area is 146 Å². The number of fused-ring (bicyclic) bond motifs is 3. The lowest BCUT2D eigenvalue weighted by atomic mass is 9.98. The zero-order valence-electron chi connectivity index (χ0n) is 14.8. The first-order chi connectivity index (χ1) is 12.0. The van der Waals surface area contributed by atoms with Crippen LogP contribution in [0.5, 0.6) is 11.5 Å². The van der Waals surface area contributed by atoms with Gasteiger partial charge in [-0.3, -0.25) is 0 Å². The largest absolute Gasteiger partial charge is 0.507 e. The first-order valence-electron chi connectivity index (χ1n) is 8.29. The third kappa shape index (κ3) is 2.43. The second kappa shape index (κ2) is 5.55. The summed E-state index contributed by atoms with van der Waals surface area (Å²) < 4.78 is 7.14. The molecule has 128 valence electrons. The smallest absolute Gasteiger partial charge is 0.150 e. The minimum atomic E-state index is -0.275. The normalized spacial score (nSPS) is 15.3. The van der Waals surface area contributed by atoms with E-state index in [4.69, 9.17) is 4.74 Å². The Kier molecular flexibility index (Phi) is 3.46. The Hall–Kier alpha value is -2.95. The van der Waals surface area contributed by atoms with E-state index in [9.17, 15) is 5.11 Å². The number of methoxy groups -OCH3 is 1. The van der Waals surface area contributed by atoms with E-state index in [1.807, 2.05) is 23.7 Å². The monoisotopic (exact) mass is 335 g/mol. The van der Waals surface area contributed by atoms with Gasteiger partial charge < -0.3 is 15.2 Å². The number of nitrogens with one attached hydrogen (secondary N) is 1. The molecule has 1 unspecified atom stereocenters. The van der Waals surface area contributed by atoms with Gasteiger partial charge in [0.25, 0.3) is 0 Å². The molecule has 0 aliphatic carbocycles. The average Bonchev–Trinajstić information content (AvgIpc) is 2.96. The predicted octanol–water partition coefficient (Wildman–Crippen LogP) is 4.16. The second-order valence-electron chi connectivity index (χ2n) is 6.59. The predicted molar refractivity (Wildman–Crippen MR) is 98.3 cm³/mol. The summed E-state index contributed by atoms with van der Waals surface area (Å²) in [6.07, 6.45) is -0.275. The molecule has 25 heavy (non-hydrogen) atoms. The van der Waals surface area contributed by atoms with E-state index in [0.717, 1.165) is 28.2 Å². The van der Waals surface area contributed by atoms with E-state index >= 15 is 0 Å². The maximum absolute atomic E-state index is 10.5. The molecule has 0 radical (unpaired) electrons. The molecule has 1 atom stereocenters. The van der Waals surface area contributed by atoms with Crippen LogP contribution in [0, 0.1) is 20.8 Å². The average molecular weight is 335 g/mol. The standard InChI is InChI=1S/C20H21N3O2/c1-11-7-12(2)19-16(8-11)17-9-13(3)22-23(17)20(21-19)15-6-5-14(25-4)10-18(15)24/h5-10,20-21,24H,1-4H3. The van der Waals surface area contributed by atoms with Crippen LogP contribution in [0.25, 0.3) is 11.3 Å². The quantitative estimate of drug-likeness (QED) is 0.738. The van der Waals surface area contributed by atoms with E-state index < -0.39 is 0 Å². The molecule has 5 heteroatoms. The molecule has 0 spiro atoms. The van der Waals surface area contributed by atoms with Crippen molar-refractivity contribution in [1.82, 2.24) is 9.78 Å². The van der Waals surface area contributed by atoms with Crippen molar-refractivity contribution in [1.29, 1.82) is 0 Å². The number of hydrogen-bond acceptors (Lipinski definition) is 4. The second-order valence-corrected chi connectivity index (χ2v) is 6.59. The molecule has 2 heterocycles. The number of ether oxygens (including phenoxy) is 1. The fourth-order valence-electron chi connectivity index (χ4n) is 3.56. The zero-order chi connectivity index (χ0) is 17.7. The van der Waals surface area contributed by atoms with E-state index in [1.165, 1.54) is 11.1 Å². The van der Waals surface area contributed by atoms with Gasteiger partial charge in [-0.15, -0.1) is 0 Å². The number of aromatic nitrogens is 2. The molecule has 0 bridgehead atoms. The summed E-state index contributed by atoms with van der Waals surface area (Å²) in [5.74, 6) is 0.810. The van der Waals surface area contributed by atoms with E-state index in [0.29, 0.717) is 5.75 Å². The number of phenolic OH excluding ortho intramolecular Hbond substituents is 1. The molecular weight excluding hydrogens is 314 g/mol. The van der Waals surface area contributed by atoms with Gasteiger partial charge in [0, 0.05) is 22.9 Å². The molecule has 0 fully saturated rings. The number of anilines is 1. The molecule has 5 nitrogen and oxygen atoms in total. The first-order valence-corrected chi connectivity index (χ1v) is 8.29. The van der Waals surface area contributed by atoms with Gasteiger partial charge in [0.2, 0.25) is 0 Å². The number of hydrogen-bond donors (Lipinski definition) is 2. The van der Waals surface area contributed by atoms with Gasteiger partial charge in [0.15, 0.2) is 6.17 Å². The van der Waals surface area contributed by atoms with Crippen LogP contribution < -0.4 is 10.1 Å². The Morgan fingerprint density at radius 1 is 1.12 bits per heavy atom. The lowest BCUT2D eigenvalue weighted by molar-refractivity contribution is 0.404. The number of aryl methyl sites for hydroxylation is 3. The summed E-state index contributed by atoms with van der Waals surface area (Å²) in [6.45, 7) is 6.18. The minimum absolute atomic E-state index is 0.184. The molecule has 0 saturated carbocycles. The lowest BCUT2D eigenvalue weighted by Gasteiger charge is -2.31. The number of phenols is 1. The molecule has 2 aromatic carbocycles. The zero-order valence-corrected chi connectivity index (χ0v) is 14.8. The molecule has 1 aromatic heterocycles. The topological polar surface area (TPSA) is 59.3 Å². The summed E-state index contributed by atoms with van der Waals surface area (Å²) >= 11 is 0. The molecule has 3 aromatic rings. The molecule has 1 aliphatic rings. The van der Waals surface area contributed by atoms with Crippen LogP contribution in [0.4, 0.5) is 5.69 Å². The van der Waals surface area contributed by atoms with Crippen LogP contribution in [0.2, 0.25) is 0 Å². The SMILES string of the molecule is COc1ccc(C2Nc3c(C)cc(C)cc3-c3cc(C)nn32)c(O)c1.